The maximum atomic E-state index is 13.0. The number of carbonyl (C=O) groups is 1. The number of likely N-dealkylation sites (tertiary alicyclic amines) is 1. The van der Waals surface area contributed by atoms with E-state index in [9.17, 15) is 4.79 Å². The first-order valence-electron chi connectivity index (χ1n) is 15.7. The summed E-state index contributed by atoms with van der Waals surface area (Å²) in [6.07, 6.45) is 4.60. The van der Waals surface area contributed by atoms with Crippen molar-refractivity contribution in [3.05, 3.63) is 84.1 Å². The van der Waals surface area contributed by atoms with Gasteiger partial charge in [0.1, 0.15) is 0 Å². The van der Waals surface area contributed by atoms with Gasteiger partial charge in [-0.25, -0.2) is 0 Å². The van der Waals surface area contributed by atoms with Crippen LogP contribution in [-0.4, -0.2) is 67.4 Å². The minimum absolute atomic E-state index is 0.261. The number of piperazine rings is 1. The highest BCUT2D eigenvalue weighted by Crippen LogP contribution is 2.33. The van der Waals surface area contributed by atoms with Crippen molar-refractivity contribution in [3.8, 4) is 11.1 Å². The van der Waals surface area contributed by atoms with Gasteiger partial charge >= 0.3 is 0 Å². The summed E-state index contributed by atoms with van der Waals surface area (Å²) in [6, 6.07) is 24.0. The highest BCUT2D eigenvalue weighted by molar-refractivity contribution is 7.99. The van der Waals surface area contributed by atoms with Crippen molar-refractivity contribution in [1.82, 2.24) is 15.2 Å². The number of nitrogens with one attached hydrogen (secondary N) is 2. The number of nitrogens with zero attached hydrogens (tertiary/aromatic N) is 3. The normalized spacial score (nSPS) is 16.0. The molecule has 2 fully saturated rings. The van der Waals surface area contributed by atoms with Gasteiger partial charge in [0.05, 0.1) is 5.52 Å². The molecule has 6 rings (SSSR count). The summed E-state index contributed by atoms with van der Waals surface area (Å²) in [5, 5.41) is 8.11. The lowest BCUT2D eigenvalue weighted by molar-refractivity contribution is -0.132. The fourth-order valence-electron chi connectivity index (χ4n) is 6.23. The molecule has 0 bridgehead atoms. The lowest BCUT2D eigenvalue weighted by Gasteiger charge is -2.32. The number of carbonyl (C=O) groups excluding carboxylic acids is 1. The number of amides is 1. The monoisotopic (exact) mass is 593 g/mol. The quantitative estimate of drug-likeness (QED) is 0.209. The Labute approximate surface area is 260 Å². The summed E-state index contributed by atoms with van der Waals surface area (Å²) < 4.78 is 0. The molecule has 0 radical (unpaired) electrons. The number of anilines is 2. The van der Waals surface area contributed by atoms with E-state index in [1.807, 2.05) is 18.0 Å². The molecule has 2 saturated heterocycles. The van der Waals surface area contributed by atoms with Crippen molar-refractivity contribution in [3.63, 3.8) is 0 Å². The van der Waals surface area contributed by atoms with Crippen molar-refractivity contribution in [2.75, 3.05) is 61.8 Å². The number of piperidine rings is 1. The number of rotatable bonds is 9. The van der Waals surface area contributed by atoms with Gasteiger partial charge in [0.2, 0.25) is 5.91 Å². The van der Waals surface area contributed by atoms with Crippen molar-refractivity contribution < 1.29 is 4.79 Å². The molecule has 2 aliphatic heterocycles. The summed E-state index contributed by atoms with van der Waals surface area (Å²) in [5.41, 5.74) is 8.43. The van der Waals surface area contributed by atoms with Gasteiger partial charge < -0.3 is 20.4 Å². The van der Waals surface area contributed by atoms with Crippen LogP contribution in [0.1, 0.15) is 30.4 Å². The molecule has 4 aromatic rings. The Morgan fingerprint density at radius 1 is 0.930 bits per heavy atom. The maximum Gasteiger partial charge on any atom is 0.224 e. The molecule has 1 amide bonds. The van der Waals surface area contributed by atoms with Crippen LogP contribution in [0.4, 0.5) is 11.4 Å². The zero-order valence-corrected chi connectivity index (χ0v) is 26.3. The van der Waals surface area contributed by atoms with Crippen LogP contribution >= 0.6 is 11.8 Å². The first-order valence-corrected chi connectivity index (χ1v) is 16.7. The van der Waals surface area contributed by atoms with E-state index in [1.54, 1.807) is 0 Å². The topological polar surface area (TPSA) is 60.5 Å². The van der Waals surface area contributed by atoms with Crippen LogP contribution in [-0.2, 0) is 4.79 Å². The SMILES string of the molecule is Cc1ccc(-c2ccc3c(SCC4CCN(C(=O)CCNc5ccc(N6CCNCC6)c(C)c5)CC4)ccnc3c2)cc1. The predicted octanol–water partition coefficient (Wildman–Crippen LogP) is 6.76. The first kappa shape index (κ1) is 29.5. The number of fused-ring (bicyclic) bond motifs is 1. The molecule has 3 heterocycles. The Morgan fingerprint density at radius 3 is 2.47 bits per heavy atom. The van der Waals surface area contributed by atoms with Gasteiger partial charge in [0.25, 0.3) is 0 Å². The van der Waals surface area contributed by atoms with Gasteiger partial charge in [-0.2, -0.15) is 0 Å². The molecule has 0 unspecified atom stereocenters. The van der Waals surface area contributed by atoms with Gasteiger partial charge in [-0.3, -0.25) is 9.78 Å². The van der Waals surface area contributed by atoms with Gasteiger partial charge in [-0.1, -0.05) is 42.0 Å². The fourth-order valence-corrected chi connectivity index (χ4v) is 7.46. The Bertz CT molecular complexity index is 1540. The molecule has 0 spiro atoms. The van der Waals surface area contributed by atoms with E-state index < -0.39 is 0 Å². The first-order chi connectivity index (χ1) is 21.0. The smallest absolute Gasteiger partial charge is 0.224 e. The van der Waals surface area contributed by atoms with Gasteiger partial charge in [0, 0.05) is 85.8 Å². The third kappa shape index (κ3) is 7.34. The van der Waals surface area contributed by atoms with Crippen molar-refractivity contribution in [2.45, 2.75) is 38.0 Å². The summed E-state index contributed by atoms with van der Waals surface area (Å²) in [4.78, 5) is 23.4. The largest absolute Gasteiger partial charge is 0.385 e. The van der Waals surface area contributed by atoms with Crippen molar-refractivity contribution in [1.29, 1.82) is 0 Å². The van der Waals surface area contributed by atoms with Crippen LogP contribution in [0, 0.1) is 19.8 Å². The Kier molecular flexibility index (Phi) is 9.49. The zero-order valence-electron chi connectivity index (χ0n) is 25.4. The predicted molar refractivity (Wildman–Crippen MR) is 181 cm³/mol. The number of hydrogen-bond acceptors (Lipinski definition) is 6. The molecule has 7 heteroatoms. The molecule has 0 saturated carbocycles. The molecule has 6 nitrogen and oxygen atoms in total. The van der Waals surface area contributed by atoms with E-state index in [0.29, 0.717) is 18.9 Å². The van der Waals surface area contributed by atoms with E-state index in [2.05, 4.69) is 106 Å². The Balaban J connectivity index is 0.951. The van der Waals surface area contributed by atoms with Crippen molar-refractivity contribution >= 4 is 39.9 Å². The highest BCUT2D eigenvalue weighted by atomic mass is 32.2. The average Bonchev–Trinajstić information content (AvgIpc) is 3.04. The van der Waals surface area contributed by atoms with E-state index in [4.69, 9.17) is 0 Å². The second-order valence-electron chi connectivity index (χ2n) is 12.0. The number of aryl methyl sites for hydroxylation is 2. The maximum absolute atomic E-state index is 13.0. The van der Waals surface area contributed by atoms with Gasteiger partial charge in [-0.15, -0.1) is 11.8 Å². The zero-order chi connectivity index (χ0) is 29.6. The van der Waals surface area contributed by atoms with Crippen LogP contribution < -0.4 is 15.5 Å². The summed E-state index contributed by atoms with van der Waals surface area (Å²) in [7, 11) is 0. The van der Waals surface area contributed by atoms with Crippen LogP contribution in [0.2, 0.25) is 0 Å². The highest BCUT2D eigenvalue weighted by Gasteiger charge is 2.23. The van der Waals surface area contributed by atoms with Crippen LogP contribution in [0.15, 0.2) is 77.8 Å². The number of thioether (sulfide) groups is 1. The second-order valence-corrected chi connectivity index (χ2v) is 13.0. The minimum Gasteiger partial charge on any atom is -0.385 e. The molecule has 2 N–H and O–H groups in total. The Hall–Kier alpha value is -3.55. The van der Waals surface area contributed by atoms with Crippen LogP contribution in [0.5, 0.6) is 0 Å². The standard InChI is InChI=1S/C36H43N5OS/c1-26-3-5-29(6-4-26)30-7-9-32-33(24-30)39-15-11-35(32)43-25-28-13-19-41(20-14-28)36(42)12-16-38-31-8-10-34(27(2)23-31)40-21-17-37-18-22-40/h3-11,15,23-24,28,37-38H,12-14,16-22,25H2,1-2H3. The molecule has 2 aliphatic rings. The number of benzene rings is 3. The Morgan fingerprint density at radius 2 is 1.70 bits per heavy atom. The lowest BCUT2D eigenvalue weighted by atomic mass is 9.99. The van der Waals surface area contributed by atoms with E-state index in [0.717, 1.165) is 69.1 Å². The molecule has 43 heavy (non-hydrogen) atoms. The summed E-state index contributed by atoms with van der Waals surface area (Å²) in [5.74, 6) is 1.96. The van der Waals surface area contributed by atoms with E-state index in [-0.39, 0.29) is 5.91 Å². The molecule has 3 aromatic carbocycles. The second kappa shape index (κ2) is 13.8. The molecule has 0 aliphatic carbocycles. The molecule has 1 aromatic heterocycles. The van der Waals surface area contributed by atoms with E-state index in [1.165, 1.54) is 38.2 Å². The fraction of sp³-hybridized carbons (Fsp3) is 0.389. The van der Waals surface area contributed by atoms with Crippen molar-refractivity contribution in [2.24, 2.45) is 5.92 Å². The molecular formula is C36H43N5OS. The minimum atomic E-state index is 0.261. The number of aromatic nitrogens is 1. The number of pyridine rings is 1. The third-order valence-electron chi connectivity index (χ3n) is 8.85. The summed E-state index contributed by atoms with van der Waals surface area (Å²) >= 11 is 1.93. The molecular weight excluding hydrogens is 550 g/mol. The van der Waals surface area contributed by atoms with Crippen LogP contribution in [0.3, 0.4) is 0 Å². The average molecular weight is 594 g/mol. The number of hydrogen-bond donors (Lipinski definition) is 2. The third-order valence-corrected chi connectivity index (χ3v) is 10.2. The van der Waals surface area contributed by atoms with Gasteiger partial charge in [0.15, 0.2) is 0 Å². The lowest BCUT2D eigenvalue weighted by Crippen LogP contribution is -2.43. The molecule has 224 valence electrons. The van der Waals surface area contributed by atoms with E-state index >= 15 is 0 Å². The summed E-state index contributed by atoms with van der Waals surface area (Å²) in [6.45, 7) is 10.9. The van der Waals surface area contributed by atoms with Gasteiger partial charge in [-0.05, 0) is 79.6 Å². The van der Waals surface area contributed by atoms with Crippen LogP contribution in [0.25, 0.3) is 22.0 Å². The molecule has 0 atom stereocenters.